The molecule has 16 heavy (non-hydrogen) atoms. The van der Waals surface area contributed by atoms with E-state index in [0.717, 1.165) is 31.7 Å². The van der Waals surface area contributed by atoms with Gasteiger partial charge in [0.25, 0.3) is 0 Å². The fraction of sp³-hybridized carbons (Fsp3) is 0.923. The van der Waals surface area contributed by atoms with Crippen molar-refractivity contribution in [3.8, 4) is 0 Å². The van der Waals surface area contributed by atoms with E-state index in [1.54, 1.807) is 0 Å². The molecule has 0 heterocycles. The van der Waals surface area contributed by atoms with Crippen LogP contribution in [-0.4, -0.2) is 23.7 Å². The molecule has 92 valence electrons. The average molecular weight is 225 g/mol. The number of hydrogen-bond acceptors (Lipinski definition) is 2. The molecule has 2 rings (SSSR count). The van der Waals surface area contributed by atoms with E-state index in [4.69, 9.17) is 5.11 Å². The lowest BCUT2D eigenvalue weighted by atomic mass is 10.0. The molecule has 0 spiro atoms. The van der Waals surface area contributed by atoms with Crippen molar-refractivity contribution in [2.24, 2.45) is 11.8 Å². The standard InChI is InChI=1S/C13H23NO2/c15-13(16)12(11-7-8-11)14-9-3-6-10-4-1-2-5-10/h10-12,14H,1-9H2,(H,15,16). The van der Waals surface area contributed by atoms with Crippen LogP contribution in [0.4, 0.5) is 0 Å². The van der Waals surface area contributed by atoms with Crippen molar-refractivity contribution in [2.75, 3.05) is 6.54 Å². The Hall–Kier alpha value is -0.570. The largest absolute Gasteiger partial charge is 0.480 e. The molecule has 1 unspecified atom stereocenters. The van der Waals surface area contributed by atoms with E-state index in [2.05, 4.69) is 5.32 Å². The van der Waals surface area contributed by atoms with Crippen LogP contribution in [0, 0.1) is 11.8 Å². The minimum Gasteiger partial charge on any atom is -0.480 e. The molecule has 0 saturated heterocycles. The molecule has 3 nitrogen and oxygen atoms in total. The monoisotopic (exact) mass is 225 g/mol. The van der Waals surface area contributed by atoms with Gasteiger partial charge in [-0.2, -0.15) is 0 Å². The van der Waals surface area contributed by atoms with E-state index < -0.39 is 5.97 Å². The maximum atomic E-state index is 11.0. The van der Waals surface area contributed by atoms with Gasteiger partial charge in [-0.25, -0.2) is 0 Å². The van der Waals surface area contributed by atoms with Crippen molar-refractivity contribution in [3.63, 3.8) is 0 Å². The van der Waals surface area contributed by atoms with E-state index >= 15 is 0 Å². The Labute approximate surface area is 97.6 Å². The van der Waals surface area contributed by atoms with Gasteiger partial charge in [-0.05, 0) is 44.1 Å². The van der Waals surface area contributed by atoms with Crippen LogP contribution in [0.1, 0.15) is 51.4 Å². The SMILES string of the molecule is O=C(O)C(NCCCC1CCCC1)C1CC1. The van der Waals surface area contributed by atoms with Crippen molar-refractivity contribution >= 4 is 5.97 Å². The molecule has 0 aromatic heterocycles. The van der Waals surface area contributed by atoms with Gasteiger partial charge in [0.1, 0.15) is 6.04 Å². The topological polar surface area (TPSA) is 49.3 Å². The van der Waals surface area contributed by atoms with Gasteiger partial charge < -0.3 is 10.4 Å². The number of hydrogen-bond donors (Lipinski definition) is 2. The zero-order valence-electron chi connectivity index (χ0n) is 9.95. The Kier molecular flexibility index (Phi) is 4.22. The molecule has 2 aliphatic rings. The van der Waals surface area contributed by atoms with Crippen LogP contribution in [0.5, 0.6) is 0 Å². The summed E-state index contributed by atoms with van der Waals surface area (Å²) in [6, 6.07) is -0.274. The number of rotatable bonds is 7. The molecule has 0 radical (unpaired) electrons. The first kappa shape index (κ1) is 11.9. The molecule has 0 amide bonds. The van der Waals surface area contributed by atoms with Gasteiger partial charge in [0.15, 0.2) is 0 Å². The average Bonchev–Trinajstić information content (AvgIpc) is 2.94. The zero-order chi connectivity index (χ0) is 11.4. The lowest BCUT2D eigenvalue weighted by molar-refractivity contribution is -0.140. The van der Waals surface area contributed by atoms with Crippen LogP contribution < -0.4 is 5.32 Å². The molecule has 3 heteroatoms. The Morgan fingerprint density at radius 2 is 1.94 bits per heavy atom. The van der Waals surface area contributed by atoms with Crippen LogP contribution in [-0.2, 0) is 4.79 Å². The predicted molar refractivity (Wildman–Crippen MR) is 63.3 cm³/mol. The van der Waals surface area contributed by atoms with E-state index in [9.17, 15) is 4.79 Å². The molecular formula is C13H23NO2. The third kappa shape index (κ3) is 3.48. The number of carbonyl (C=O) groups is 1. The second kappa shape index (κ2) is 5.67. The fourth-order valence-corrected chi connectivity index (χ4v) is 2.83. The Balaban J connectivity index is 1.57. The summed E-state index contributed by atoms with van der Waals surface area (Å²) >= 11 is 0. The third-order valence-electron chi connectivity index (χ3n) is 3.99. The van der Waals surface area contributed by atoms with Crippen molar-refractivity contribution in [3.05, 3.63) is 0 Å². The van der Waals surface area contributed by atoms with Gasteiger partial charge in [-0.15, -0.1) is 0 Å². The number of nitrogens with one attached hydrogen (secondary N) is 1. The van der Waals surface area contributed by atoms with Crippen LogP contribution >= 0.6 is 0 Å². The first-order chi connectivity index (χ1) is 7.77. The highest BCUT2D eigenvalue weighted by molar-refractivity contribution is 5.74. The molecule has 0 aromatic rings. The van der Waals surface area contributed by atoms with Crippen molar-refractivity contribution in [1.29, 1.82) is 0 Å². The summed E-state index contributed by atoms with van der Waals surface area (Å²) in [6.07, 6.45) is 10.2. The Morgan fingerprint density at radius 1 is 1.25 bits per heavy atom. The summed E-state index contributed by atoms with van der Waals surface area (Å²) in [5, 5.41) is 12.2. The molecule has 2 saturated carbocycles. The molecule has 1 atom stereocenters. The Morgan fingerprint density at radius 3 is 2.50 bits per heavy atom. The minimum absolute atomic E-state index is 0.274. The lowest BCUT2D eigenvalue weighted by Gasteiger charge is -2.14. The van der Waals surface area contributed by atoms with Crippen molar-refractivity contribution in [1.82, 2.24) is 5.32 Å². The maximum absolute atomic E-state index is 11.0. The normalized spacial score (nSPS) is 23.5. The maximum Gasteiger partial charge on any atom is 0.320 e. The predicted octanol–water partition coefficient (Wildman–Crippen LogP) is 2.41. The van der Waals surface area contributed by atoms with Crippen molar-refractivity contribution in [2.45, 2.75) is 57.4 Å². The Bertz CT molecular complexity index is 232. The van der Waals surface area contributed by atoms with Gasteiger partial charge in [0.05, 0.1) is 0 Å². The van der Waals surface area contributed by atoms with Crippen LogP contribution in [0.3, 0.4) is 0 Å². The summed E-state index contributed by atoms with van der Waals surface area (Å²) in [5.74, 6) is 0.665. The summed E-state index contributed by atoms with van der Waals surface area (Å²) in [5.41, 5.74) is 0. The van der Waals surface area contributed by atoms with Gasteiger partial charge in [-0.1, -0.05) is 25.7 Å². The van der Waals surface area contributed by atoms with Crippen LogP contribution in [0.25, 0.3) is 0 Å². The lowest BCUT2D eigenvalue weighted by Crippen LogP contribution is -2.39. The van der Waals surface area contributed by atoms with Crippen molar-refractivity contribution < 1.29 is 9.90 Å². The quantitative estimate of drug-likeness (QED) is 0.654. The van der Waals surface area contributed by atoms with Gasteiger partial charge >= 0.3 is 5.97 Å². The van der Waals surface area contributed by atoms with E-state index in [-0.39, 0.29) is 6.04 Å². The molecule has 2 aliphatic carbocycles. The van der Waals surface area contributed by atoms with Gasteiger partial charge in [-0.3, -0.25) is 4.79 Å². The molecule has 0 aliphatic heterocycles. The highest BCUT2D eigenvalue weighted by Crippen LogP contribution is 2.33. The first-order valence-electron chi connectivity index (χ1n) is 6.73. The number of carboxylic acid groups (broad SMARTS) is 1. The molecule has 2 fully saturated rings. The molecule has 0 bridgehead atoms. The van der Waals surface area contributed by atoms with E-state index in [1.165, 1.54) is 32.1 Å². The second-order valence-electron chi connectivity index (χ2n) is 5.40. The highest BCUT2D eigenvalue weighted by atomic mass is 16.4. The highest BCUT2D eigenvalue weighted by Gasteiger charge is 2.35. The fourth-order valence-electron chi connectivity index (χ4n) is 2.83. The second-order valence-corrected chi connectivity index (χ2v) is 5.40. The van der Waals surface area contributed by atoms with E-state index in [0.29, 0.717) is 5.92 Å². The first-order valence-corrected chi connectivity index (χ1v) is 6.73. The summed E-state index contributed by atoms with van der Waals surface area (Å²) < 4.78 is 0. The van der Waals surface area contributed by atoms with Crippen LogP contribution in [0.2, 0.25) is 0 Å². The minimum atomic E-state index is -0.664. The number of aliphatic carboxylic acids is 1. The van der Waals surface area contributed by atoms with Crippen LogP contribution in [0.15, 0.2) is 0 Å². The summed E-state index contributed by atoms with van der Waals surface area (Å²) in [4.78, 5) is 11.0. The molecular weight excluding hydrogens is 202 g/mol. The molecule has 0 aromatic carbocycles. The zero-order valence-corrected chi connectivity index (χ0v) is 9.95. The number of carboxylic acids is 1. The van der Waals surface area contributed by atoms with Gasteiger partial charge in [0.2, 0.25) is 0 Å². The summed E-state index contributed by atoms with van der Waals surface area (Å²) in [6.45, 7) is 0.879. The van der Waals surface area contributed by atoms with E-state index in [1.807, 2.05) is 0 Å². The molecule has 2 N–H and O–H groups in total. The smallest absolute Gasteiger partial charge is 0.320 e. The third-order valence-corrected chi connectivity index (χ3v) is 3.99. The summed E-state index contributed by atoms with van der Waals surface area (Å²) in [7, 11) is 0. The van der Waals surface area contributed by atoms with Gasteiger partial charge in [0, 0.05) is 0 Å².